The van der Waals surface area contributed by atoms with Crippen LogP contribution in [0.3, 0.4) is 0 Å². The van der Waals surface area contributed by atoms with Crippen LogP contribution in [0.5, 0.6) is 0 Å². The van der Waals surface area contributed by atoms with E-state index >= 15 is 0 Å². The SMILES string of the molecule is Cc1cc2c(cc1CCN1CCN(C)CC1)COC2=O.N/N=C\N(N)c1ccc(CCO)cc1. The smallest absolute Gasteiger partial charge is 0.338 e. The van der Waals surface area contributed by atoms with Gasteiger partial charge < -0.3 is 25.5 Å². The number of benzene rings is 2. The van der Waals surface area contributed by atoms with Gasteiger partial charge in [0.05, 0.1) is 11.3 Å². The molecule has 5 N–H and O–H groups in total. The lowest BCUT2D eigenvalue weighted by Crippen LogP contribution is -2.45. The van der Waals surface area contributed by atoms with Crippen molar-refractivity contribution in [3.63, 3.8) is 0 Å². The third-order valence-corrected chi connectivity index (χ3v) is 6.26. The number of aryl methyl sites for hydroxylation is 1. The molecule has 2 aromatic rings. The van der Waals surface area contributed by atoms with E-state index in [9.17, 15) is 4.79 Å². The second-order valence-corrected chi connectivity index (χ2v) is 8.72. The highest BCUT2D eigenvalue weighted by atomic mass is 16.5. The zero-order chi connectivity index (χ0) is 24.5. The standard InChI is InChI=1S/C16H22N2O2.C9H14N4O/c1-12-9-15-14(11-20-16(15)19)10-13(12)3-4-18-7-5-17(2)6-8-18;10-12-7-13(11)9-3-1-8(2-4-9)5-6-14/h9-10H,3-8,11H2,1-2H3;1-4,7,14H,5-6,10-11H2/b;12-7-. The molecule has 0 unspecified atom stereocenters. The molecule has 0 aromatic heterocycles. The number of esters is 1. The molecular formula is C25H36N6O3. The van der Waals surface area contributed by atoms with Crippen molar-refractivity contribution in [3.8, 4) is 0 Å². The molecule has 1 saturated heterocycles. The van der Waals surface area contributed by atoms with Crippen molar-refractivity contribution in [2.24, 2.45) is 16.8 Å². The number of anilines is 1. The lowest BCUT2D eigenvalue weighted by atomic mass is 9.98. The Hall–Kier alpha value is -2.98. The number of hydrazone groups is 1. The average Bonchev–Trinajstić information content (AvgIpc) is 3.19. The molecule has 0 saturated carbocycles. The van der Waals surface area contributed by atoms with Crippen LogP contribution in [-0.4, -0.2) is 73.6 Å². The van der Waals surface area contributed by atoms with Crippen LogP contribution in [-0.2, 0) is 24.2 Å². The number of aliphatic hydroxyl groups is 1. The Kier molecular flexibility index (Phi) is 9.41. The van der Waals surface area contributed by atoms with Crippen LogP contribution < -0.4 is 16.7 Å². The normalized spacial score (nSPS) is 16.2. The van der Waals surface area contributed by atoms with Gasteiger partial charge >= 0.3 is 5.97 Å². The molecule has 4 rings (SSSR count). The van der Waals surface area contributed by atoms with E-state index in [1.165, 1.54) is 22.5 Å². The molecule has 184 valence electrons. The van der Waals surface area contributed by atoms with Crippen LogP contribution in [0.2, 0.25) is 0 Å². The number of cyclic esters (lactones) is 1. The lowest BCUT2D eigenvalue weighted by molar-refractivity contribution is 0.0535. The average molecular weight is 469 g/mol. The summed E-state index contributed by atoms with van der Waals surface area (Å²) in [6, 6.07) is 11.6. The number of carbonyl (C=O) groups is 1. The van der Waals surface area contributed by atoms with E-state index < -0.39 is 0 Å². The van der Waals surface area contributed by atoms with E-state index in [1.807, 2.05) is 30.3 Å². The Morgan fingerprint density at radius 2 is 1.85 bits per heavy atom. The number of hydrazine groups is 1. The molecule has 0 amide bonds. The minimum absolute atomic E-state index is 0.149. The van der Waals surface area contributed by atoms with Crippen molar-refractivity contribution >= 4 is 18.0 Å². The number of ether oxygens (including phenoxy) is 1. The largest absolute Gasteiger partial charge is 0.457 e. The van der Waals surface area contributed by atoms with Gasteiger partial charge in [-0.05, 0) is 61.7 Å². The van der Waals surface area contributed by atoms with Crippen LogP contribution in [0.15, 0.2) is 41.5 Å². The van der Waals surface area contributed by atoms with Gasteiger partial charge in [0, 0.05) is 44.9 Å². The van der Waals surface area contributed by atoms with Gasteiger partial charge in [0.25, 0.3) is 0 Å². The predicted octanol–water partition coefficient (Wildman–Crippen LogP) is 1.26. The van der Waals surface area contributed by atoms with Gasteiger partial charge in [-0.25, -0.2) is 10.6 Å². The Morgan fingerprint density at radius 3 is 2.50 bits per heavy atom. The van der Waals surface area contributed by atoms with Crippen molar-refractivity contribution in [2.45, 2.75) is 26.4 Å². The summed E-state index contributed by atoms with van der Waals surface area (Å²) in [6.45, 7) is 8.40. The molecule has 0 atom stereocenters. The first kappa shape index (κ1) is 25.6. The topological polar surface area (TPSA) is 121 Å². The number of hydrogen-bond donors (Lipinski definition) is 3. The van der Waals surface area contributed by atoms with E-state index in [0.29, 0.717) is 13.0 Å². The van der Waals surface area contributed by atoms with Gasteiger partial charge in [-0.3, -0.25) is 5.01 Å². The molecule has 0 aliphatic carbocycles. The minimum atomic E-state index is -0.172. The summed E-state index contributed by atoms with van der Waals surface area (Å²) in [5, 5.41) is 13.3. The lowest BCUT2D eigenvalue weighted by Gasteiger charge is -2.32. The Bertz CT molecular complexity index is 971. The van der Waals surface area contributed by atoms with Gasteiger partial charge in [0.2, 0.25) is 0 Å². The fraction of sp³-hybridized carbons (Fsp3) is 0.440. The van der Waals surface area contributed by atoms with Gasteiger partial charge in [-0.15, -0.1) is 0 Å². The van der Waals surface area contributed by atoms with Gasteiger partial charge in [0.15, 0.2) is 0 Å². The summed E-state index contributed by atoms with van der Waals surface area (Å²) in [5.41, 5.74) is 6.22. The molecule has 2 heterocycles. The first-order valence-corrected chi connectivity index (χ1v) is 11.6. The van der Waals surface area contributed by atoms with E-state index in [1.54, 1.807) is 0 Å². The van der Waals surface area contributed by atoms with Crippen LogP contribution in [0.25, 0.3) is 0 Å². The first-order chi connectivity index (χ1) is 16.4. The van der Waals surface area contributed by atoms with Gasteiger partial charge in [-0.1, -0.05) is 18.2 Å². The number of nitrogens with two attached hydrogens (primary N) is 2. The van der Waals surface area contributed by atoms with Crippen LogP contribution in [0.1, 0.15) is 32.6 Å². The van der Waals surface area contributed by atoms with Gasteiger partial charge in [-0.2, -0.15) is 5.10 Å². The molecule has 2 aromatic carbocycles. The molecule has 34 heavy (non-hydrogen) atoms. The summed E-state index contributed by atoms with van der Waals surface area (Å²) in [4.78, 5) is 16.4. The summed E-state index contributed by atoms with van der Waals surface area (Å²) in [7, 11) is 2.18. The number of fused-ring (bicyclic) bond motifs is 1. The van der Waals surface area contributed by atoms with Gasteiger partial charge in [0.1, 0.15) is 12.9 Å². The molecule has 0 radical (unpaired) electrons. The number of hydrogen-bond acceptors (Lipinski definition) is 8. The second kappa shape index (κ2) is 12.5. The number of carbonyl (C=O) groups excluding carboxylic acids is 1. The fourth-order valence-electron chi connectivity index (χ4n) is 4.06. The minimum Gasteiger partial charge on any atom is -0.457 e. The Morgan fingerprint density at radius 1 is 1.15 bits per heavy atom. The fourth-order valence-corrected chi connectivity index (χ4v) is 4.06. The number of likely N-dealkylation sites (N-methyl/N-ethyl adjacent to an activating group) is 1. The maximum Gasteiger partial charge on any atom is 0.338 e. The number of nitrogens with zero attached hydrogens (tertiary/aromatic N) is 4. The molecule has 1 fully saturated rings. The summed E-state index contributed by atoms with van der Waals surface area (Å²) >= 11 is 0. The number of piperazine rings is 1. The summed E-state index contributed by atoms with van der Waals surface area (Å²) < 4.78 is 5.08. The quantitative estimate of drug-likeness (QED) is 0.183. The zero-order valence-electron chi connectivity index (χ0n) is 20.1. The summed E-state index contributed by atoms with van der Waals surface area (Å²) in [6.07, 6.45) is 3.02. The molecule has 9 nitrogen and oxygen atoms in total. The molecule has 2 aliphatic rings. The molecule has 0 spiro atoms. The Balaban J connectivity index is 0.000000204. The third kappa shape index (κ3) is 7.01. The van der Waals surface area contributed by atoms with Crippen LogP contribution in [0.4, 0.5) is 5.69 Å². The van der Waals surface area contributed by atoms with E-state index in [-0.39, 0.29) is 12.6 Å². The Labute approximate surface area is 201 Å². The maximum atomic E-state index is 11.5. The second-order valence-electron chi connectivity index (χ2n) is 8.72. The third-order valence-electron chi connectivity index (χ3n) is 6.26. The predicted molar refractivity (Wildman–Crippen MR) is 135 cm³/mol. The zero-order valence-corrected chi connectivity index (χ0v) is 20.1. The van der Waals surface area contributed by atoms with Crippen molar-refractivity contribution < 1.29 is 14.6 Å². The number of rotatable bonds is 7. The number of aliphatic hydroxyl groups excluding tert-OH is 1. The molecule has 2 aliphatic heterocycles. The highest BCUT2D eigenvalue weighted by Gasteiger charge is 2.22. The maximum absolute atomic E-state index is 11.5. The van der Waals surface area contributed by atoms with Crippen molar-refractivity contribution in [3.05, 3.63) is 64.2 Å². The highest BCUT2D eigenvalue weighted by Crippen LogP contribution is 2.24. The van der Waals surface area contributed by atoms with Crippen LogP contribution >= 0.6 is 0 Å². The van der Waals surface area contributed by atoms with E-state index in [2.05, 4.69) is 34.9 Å². The summed E-state index contributed by atoms with van der Waals surface area (Å²) in [5.74, 6) is 10.4. The van der Waals surface area contributed by atoms with E-state index in [0.717, 1.165) is 61.5 Å². The van der Waals surface area contributed by atoms with Crippen LogP contribution in [0, 0.1) is 6.92 Å². The highest BCUT2D eigenvalue weighted by molar-refractivity contribution is 5.93. The van der Waals surface area contributed by atoms with Crippen molar-refractivity contribution in [2.75, 3.05) is 51.4 Å². The monoisotopic (exact) mass is 468 g/mol. The van der Waals surface area contributed by atoms with Crippen molar-refractivity contribution in [1.29, 1.82) is 0 Å². The molecule has 9 heteroatoms. The first-order valence-electron chi connectivity index (χ1n) is 11.6. The molecule has 0 bridgehead atoms. The molecular weight excluding hydrogens is 432 g/mol. The van der Waals surface area contributed by atoms with E-state index in [4.69, 9.17) is 21.5 Å². The van der Waals surface area contributed by atoms with Crippen molar-refractivity contribution in [1.82, 2.24) is 9.80 Å².